The number of aromatic nitrogens is 4. The average molecular weight is 351 g/mol. The van der Waals surface area contributed by atoms with Crippen LogP contribution in [0.1, 0.15) is 25.5 Å². The molecule has 1 amide bonds. The van der Waals surface area contributed by atoms with Crippen molar-refractivity contribution in [3.63, 3.8) is 0 Å². The minimum absolute atomic E-state index is 0.136. The molecule has 7 nitrogen and oxygen atoms in total. The Morgan fingerprint density at radius 2 is 1.62 bits per heavy atom. The molecule has 0 fully saturated rings. The van der Waals surface area contributed by atoms with E-state index in [4.69, 9.17) is 0 Å². The van der Waals surface area contributed by atoms with Crippen LogP contribution in [0.25, 0.3) is 5.69 Å². The van der Waals surface area contributed by atoms with Gasteiger partial charge in [-0.15, -0.1) is 0 Å². The van der Waals surface area contributed by atoms with E-state index in [1.807, 2.05) is 50.2 Å². The van der Waals surface area contributed by atoms with E-state index in [0.29, 0.717) is 5.69 Å². The van der Waals surface area contributed by atoms with E-state index in [0.717, 1.165) is 10.2 Å². The Bertz CT molecular complexity index is 916. The van der Waals surface area contributed by atoms with Gasteiger partial charge >= 0.3 is 5.69 Å². The van der Waals surface area contributed by atoms with Gasteiger partial charge in [0.15, 0.2) is 0 Å². The maximum absolute atomic E-state index is 12.5. The van der Waals surface area contributed by atoms with Crippen LogP contribution in [0.3, 0.4) is 0 Å². The van der Waals surface area contributed by atoms with Gasteiger partial charge in [0, 0.05) is 0 Å². The molecule has 1 atom stereocenters. The minimum atomic E-state index is -0.452. The van der Waals surface area contributed by atoms with Crippen molar-refractivity contribution in [2.45, 2.75) is 26.4 Å². The van der Waals surface area contributed by atoms with Gasteiger partial charge < -0.3 is 5.32 Å². The van der Waals surface area contributed by atoms with E-state index in [-0.39, 0.29) is 24.4 Å². The molecule has 0 bridgehead atoms. The van der Waals surface area contributed by atoms with Crippen molar-refractivity contribution in [1.82, 2.24) is 25.1 Å². The molecule has 3 rings (SSSR count). The van der Waals surface area contributed by atoms with Gasteiger partial charge in [-0.05, 0) is 34.0 Å². The zero-order chi connectivity index (χ0) is 18.5. The lowest BCUT2D eigenvalue weighted by Crippen LogP contribution is -2.37. The highest BCUT2D eigenvalue weighted by atomic mass is 16.2. The monoisotopic (exact) mass is 351 g/mol. The van der Waals surface area contributed by atoms with Crippen molar-refractivity contribution in [1.29, 1.82) is 0 Å². The summed E-state index contributed by atoms with van der Waals surface area (Å²) >= 11 is 0. The van der Waals surface area contributed by atoms with Crippen LogP contribution in [0.5, 0.6) is 0 Å². The second kappa shape index (κ2) is 7.77. The van der Waals surface area contributed by atoms with Gasteiger partial charge in [-0.2, -0.15) is 9.36 Å². The smallest absolute Gasteiger partial charge is 0.347 e. The molecule has 0 aliphatic carbocycles. The van der Waals surface area contributed by atoms with Crippen molar-refractivity contribution in [2.24, 2.45) is 5.92 Å². The molecule has 0 spiro atoms. The van der Waals surface area contributed by atoms with E-state index in [2.05, 4.69) is 15.7 Å². The average Bonchev–Trinajstić information content (AvgIpc) is 3.01. The summed E-state index contributed by atoms with van der Waals surface area (Å²) in [5.74, 6) is -0.0761. The number of benzene rings is 2. The Labute approximate surface area is 151 Å². The van der Waals surface area contributed by atoms with Crippen LogP contribution in [0.4, 0.5) is 0 Å². The molecular weight excluding hydrogens is 330 g/mol. The number of hydrogen-bond donors (Lipinski definition) is 1. The number of nitrogens with one attached hydrogen (secondary N) is 1. The molecule has 134 valence electrons. The number of carbonyl (C=O) groups excluding carboxylic acids is 1. The lowest BCUT2D eigenvalue weighted by molar-refractivity contribution is -0.123. The van der Waals surface area contributed by atoms with Crippen molar-refractivity contribution < 1.29 is 4.79 Å². The summed E-state index contributed by atoms with van der Waals surface area (Å²) in [6.07, 6.45) is 0. The molecule has 1 heterocycles. The summed E-state index contributed by atoms with van der Waals surface area (Å²) in [7, 11) is 0. The topological polar surface area (TPSA) is 81.8 Å². The molecule has 0 aliphatic rings. The highest BCUT2D eigenvalue weighted by Gasteiger charge is 2.19. The first kappa shape index (κ1) is 17.6. The maximum atomic E-state index is 12.5. The molecule has 0 saturated carbocycles. The quantitative estimate of drug-likeness (QED) is 0.736. The fraction of sp³-hybridized carbons (Fsp3) is 0.263. The number of tetrazole rings is 1. The molecule has 7 heteroatoms. The molecular formula is C19H21N5O2. The van der Waals surface area contributed by atoms with Crippen molar-refractivity contribution >= 4 is 5.91 Å². The SMILES string of the molecule is CC(C)[C@H](NC(=O)Cn1nnn(-c2ccccc2)c1=O)c1ccccc1. The van der Waals surface area contributed by atoms with Crippen LogP contribution >= 0.6 is 0 Å². The Morgan fingerprint density at radius 3 is 2.23 bits per heavy atom. The van der Waals surface area contributed by atoms with E-state index in [1.54, 1.807) is 24.3 Å². The van der Waals surface area contributed by atoms with Crippen LogP contribution < -0.4 is 11.0 Å². The summed E-state index contributed by atoms with van der Waals surface area (Å²) in [4.78, 5) is 24.9. The summed E-state index contributed by atoms with van der Waals surface area (Å²) in [6, 6.07) is 18.6. The van der Waals surface area contributed by atoms with E-state index >= 15 is 0 Å². The molecule has 0 saturated heterocycles. The van der Waals surface area contributed by atoms with Gasteiger partial charge in [-0.3, -0.25) is 4.79 Å². The Hall–Kier alpha value is -3.22. The summed E-state index contributed by atoms with van der Waals surface area (Å²) in [6.45, 7) is 3.90. The highest BCUT2D eigenvalue weighted by molar-refractivity contribution is 5.76. The first-order valence-corrected chi connectivity index (χ1v) is 8.49. The van der Waals surface area contributed by atoms with Crippen LogP contribution in [0, 0.1) is 5.92 Å². The molecule has 3 aromatic rings. The van der Waals surface area contributed by atoms with E-state index < -0.39 is 5.69 Å². The predicted octanol–water partition coefficient (Wildman–Crippen LogP) is 1.94. The van der Waals surface area contributed by atoms with Gasteiger partial charge in [0.1, 0.15) is 6.54 Å². The fourth-order valence-electron chi connectivity index (χ4n) is 2.76. The molecule has 1 aromatic heterocycles. The minimum Gasteiger partial charge on any atom is -0.347 e. The second-order valence-corrected chi connectivity index (χ2v) is 6.37. The van der Waals surface area contributed by atoms with Crippen LogP contribution in [0.2, 0.25) is 0 Å². The first-order chi connectivity index (χ1) is 12.6. The second-order valence-electron chi connectivity index (χ2n) is 6.37. The lowest BCUT2D eigenvalue weighted by atomic mass is 9.96. The Kier molecular flexibility index (Phi) is 5.26. The normalized spacial score (nSPS) is 12.1. The van der Waals surface area contributed by atoms with Gasteiger partial charge in [0.25, 0.3) is 0 Å². The number of rotatable bonds is 6. The Morgan fingerprint density at radius 1 is 1.00 bits per heavy atom. The number of nitrogens with zero attached hydrogens (tertiary/aromatic N) is 4. The Balaban J connectivity index is 1.74. The van der Waals surface area contributed by atoms with Gasteiger partial charge in [-0.1, -0.05) is 62.4 Å². The van der Waals surface area contributed by atoms with E-state index in [9.17, 15) is 9.59 Å². The zero-order valence-electron chi connectivity index (χ0n) is 14.7. The van der Waals surface area contributed by atoms with E-state index in [1.165, 1.54) is 4.68 Å². The predicted molar refractivity (Wildman–Crippen MR) is 97.8 cm³/mol. The summed E-state index contributed by atoms with van der Waals surface area (Å²) < 4.78 is 2.23. The van der Waals surface area contributed by atoms with Crippen LogP contribution in [-0.4, -0.2) is 25.7 Å². The standard InChI is InChI=1S/C19H21N5O2/c1-14(2)18(15-9-5-3-6-10-15)20-17(25)13-23-19(26)24(22-21-23)16-11-7-4-8-12-16/h3-12,14,18H,13H2,1-2H3,(H,20,25)/t18-/m0/s1. The zero-order valence-corrected chi connectivity index (χ0v) is 14.7. The van der Waals surface area contributed by atoms with Crippen molar-refractivity contribution in [2.75, 3.05) is 0 Å². The maximum Gasteiger partial charge on any atom is 0.368 e. The van der Waals surface area contributed by atoms with Crippen LogP contribution in [-0.2, 0) is 11.3 Å². The lowest BCUT2D eigenvalue weighted by Gasteiger charge is -2.22. The molecule has 1 N–H and O–H groups in total. The third-order valence-corrected chi connectivity index (χ3v) is 4.08. The number of carbonyl (C=O) groups is 1. The molecule has 0 unspecified atom stereocenters. The van der Waals surface area contributed by atoms with Crippen molar-refractivity contribution in [3.8, 4) is 5.69 Å². The number of para-hydroxylation sites is 1. The third kappa shape index (κ3) is 3.88. The first-order valence-electron chi connectivity index (χ1n) is 8.49. The number of amides is 1. The molecule has 0 radical (unpaired) electrons. The molecule has 2 aromatic carbocycles. The highest BCUT2D eigenvalue weighted by Crippen LogP contribution is 2.21. The fourth-order valence-corrected chi connectivity index (χ4v) is 2.76. The number of hydrogen-bond acceptors (Lipinski definition) is 4. The molecule has 0 aliphatic heterocycles. The largest absolute Gasteiger partial charge is 0.368 e. The summed E-state index contributed by atoms with van der Waals surface area (Å²) in [5, 5.41) is 10.6. The van der Waals surface area contributed by atoms with Crippen LogP contribution in [0.15, 0.2) is 65.5 Å². The molecule has 26 heavy (non-hydrogen) atoms. The van der Waals surface area contributed by atoms with Crippen molar-refractivity contribution in [3.05, 3.63) is 76.7 Å². The van der Waals surface area contributed by atoms with Gasteiger partial charge in [0.05, 0.1) is 11.7 Å². The van der Waals surface area contributed by atoms with Gasteiger partial charge in [-0.25, -0.2) is 4.79 Å². The third-order valence-electron chi connectivity index (χ3n) is 4.08. The summed E-state index contributed by atoms with van der Waals surface area (Å²) in [5.41, 5.74) is 1.18. The van der Waals surface area contributed by atoms with Gasteiger partial charge in [0.2, 0.25) is 5.91 Å².